The van der Waals surface area contributed by atoms with Gasteiger partial charge in [0.15, 0.2) is 5.78 Å². The summed E-state index contributed by atoms with van der Waals surface area (Å²) < 4.78 is 101. The van der Waals surface area contributed by atoms with Gasteiger partial charge in [-0.2, -0.15) is 13.2 Å². The first-order valence-electron chi connectivity index (χ1n) is 10.2. The van der Waals surface area contributed by atoms with E-state index in [-0.39, 0.29) is 41.0 Å². The number of alkyl halides is 6. The van der Waals surface area contributed by atoms with Crippen molar-refractivity contribution in [1.29, 1.82) is 0 Å². The van der Waals surface area contributed by atoms with E-state index in [9.17, 15) is 35.5 Å². The number of benzene rings is 2. The number of ether oxygens (including phenoxy) is 2. The first-order chi connectivity index (χ1) is 16.4. The molecule has 1 heterocycles. The number of hydrogen-bond donors (Lipinski definition) is 0. The van der Waals surface area contributed by atoms with Gasteiger partial charge >= 0.3 is 12.5 Å². The number of Topliss-reactive ketones (excluding diaryl/α,β-unsaturated/α-hetero) is 1. The summed E-state index contributed by atoms with van der Waals surface area (Å²) in [4.78, 5) is 16.8. The standard InChI is InChI=1S/C24H16F7NO3/c1-34-21-11-16-12(8-17(21)15-5-4-14(10-19(15)25)35-24(29,30)31)7-13(22(16)33)9-20-18(23(26,27)28)3-2-6-32-20/h2-6,8,10-11,13H,7,9H2,1H3. The highest BCUT2D eigenvalue weighted by molar-refractivity contribution is 6.03. The third-order valence-corrected chi connectivity index (χ3v) is 5.63. The zero-order valence-electron chi connectivity index (χ0n) is 17.9. The molecule has 0 aliphatic heterocycles. The summed E-state index contributed by atoms with van der Waals surface area (Å²) in [6.07, 6.45) is -8.58. The number of fused-ring (bicyclic) bond motifs is 1. The van der Waals surface area contributed by atoms with E-state index in [2.05, 4.69) is 9.72 Å². The Morgan fingerprint density at radius 3 is 2.37 bits per heavy atom. The maximum atomic E-state index is 14.7. The normalized spacial score (nSPS) is 15.8. The Hall–Kier alpha value is -3.63. The molecule has 0 bridgehead atoms. The molecule has 0 spiro atoms. The van der Waals surface area contributed by atoms with Crippen LogP contribution in [0.4, 0.5) is 30.7 Å². The third kappa shape index (κ3) is 5.08. The minimum absolute atomic E-state index is 0.0787. The zero-order valence-corrected chi connectivity index (χ0v) is 17.9. The van der Waals surface area contributed by atoms with Crippen LogP contribution in [0.3, 0.4) is 0 Å². The topological polar surface area (TPSA) is 48.4 Å². The molecule has 11 heteroatoms. The van der Waals surface area contributed by atoms with Gasteiger partial charge < -0.3 is 9.47 Å². The molecule has 1 aromatic heterocycles. The first-order valence-corrected chi connectivity index (χ1v) is 10.2. The summed E-state index contributed by atoms with van der Waals surface area (Å²) in [6, 6.07) is 7.46. The smallest absolute Gasteiger partial charge is 0.496 e. The van der Waals surface area contributed by atoms with Crippen molar-refractivity contribution < 1.29 is 45.0 Å². The highest BCUT2D eigenvalue weighted by atomic mass is 19.4. The fourth-order valence-electron chi connectivity index (χ4n) is 4.15. The van der Waals surface area contributed by atoms with Crippen molar-refractivity contribution >= 4 is 5.78 Å². The molecule has 0 radical (unpaired) electrons. The molecule has 0 amide bonds. The van der Waals surface area contributed by atoms with Crippen LogP contribution in [-0.4, -0.2) is 24.2 Å². The molecule has 1 aliphatic rings. The molecule has 0 fully saturated rings. The van der Waals surface area contributed by atoms with Crippen LogP contribution in [0.15, 0.2) is 48.7 Å². The Morgan fingerprint density at radius 2 is 1.74 bits per heavy atom. The second kappa shape index (κ2) is 8.86. The minimum atomic E-state index is -4.99. The summed E-state index contributed by atoms with van der Waals surface area (Å²) in [5, 5.41) is 0. The van der Waals surface area contributed by atoms with Crippen LogP contribution in [0.2, 0.25) is 0 Å². The van der Waals surface area contributed by atoms with E-state index in [0.29, 0.717) is 11.6 Å². The molecule has 35 heavy (non-hydrogen) atoms. The molecule has 0 N–H and O–H groups in total. The molecule has 1 unspecified atom stereocenters. The number of carbonyl (C=O) groups is 1. The summed E-state index contributed by atoms with van der Waals surface area (Å²) in [5.41, 5.74) is -0.438. The monoisotopic (exact) mass is 499 g/mol. The Kier molecular flexibility index (Phi) is 6.20. The van der Waals surface area contributed by atoms with E-state index in [4.69, 9.17) is 4.74 Å². The molecule has 0 saturated heterocycles. The third-order valence-electron chi connectivity index (χ3n) is 5.63. The average molecular weight is 499 g/mol. The van der Waals surface area contributed by atoms with Gasteiger partial charge in [0.1, 0.15) is 17.3 Å². The number of nitrogens with zero attached hydrogens (tertiary/aromatic N) is 1. The average Bonchev–Trinajstić information content (AvgIpc) is 3.06. The number of aromatic nitrogens is 1. The maximum Gasteiger partial charge on any atom is 0.573 e. The number of halogens is 7. The number of methoxy groups -OCH3 is 1. The van der Waals surface area contributed by atoms with Crippen molar-refractivity contribution in [1.82, 2.24) is 4.98 Å². The lowest BCUT2D eigenvalue weighted by Gasteiger charge is -2.14. The van der Waals surface area contributed by atoms with Gasteiger partial charge in [0.05, 0.1) is 18.4 Å². The van der Waals surface area contributed by atoms with Crippen molar-refractivity contribution in [3.05, 3.63) is 76.9 Å². The number of hydrogen-bond acceptors (Lipinski definition) is 4. The van der Waals surface area contributed by atoms with E-state index < -0.39 is 41.4 Å². The highest BCUT2D eigenvalue weighted by Gasteiger charge is 2.38. The van der Waals surface area contributed by atoms with Crippen LogP contribution in [-0.2, 0) is 19.0 Å². The van der Waals surface area contributed by atoms with Gasteiger partial charge in [0.25, 0.3) is 0 Å². The van der Waals surface area contributed by atoms with E-state index >= 15 is 0 Å². The summed E-state index contributed by atoms with van der Waals surface area (Å²) >= 11 is 0. The molecule has 1 atom stereocenters. The predicted molar refractivity (Wildman–Crippen MR) is 110 cm³/mol. The number of ketones is 1. The summed E-state index contributed by atoms with van der Waals surface area (Å²) in [5.74, 6) is -2.92. The van der Waals surface area contributed by atoms with Crippen LogP contribution in [0, 0.1) is 11.7 Å². The van der Waals surface area contributed by atoms with Crippen molar-refractivity contribution in [2.45, 2.75) is 25.4 Å². The maximum absolute atomic E-state index is 14.7. The lowest BCUT2D eigenvalue weighted by atomic mass is 9.96. The van der Waals surface area contributed by atoms with Crippen LogP contribution < -0.4 is 9.47 Å². The van der Waals surface area contributed by atoms with Gasteiger partial charge in [-0.3, -0.25) is 9.78 Å². The highest BCUT2D eigenvalue weighted by Crippen LogP contribution is 2.41. The summed E-state index contributed by atoms with van der Waals surface area (Å²) in [7, 11) is 1.27. The van der Waals surface area contributed by atoms with Gasteiger partial charge in [0, 0.05) is 41.3 Å². The van der Waals surface area contributed by atoms with Crippen LogP contribution in [0.1, 0.15) is 27.2 Å². The van der Waals surface area contributed by atoms with Crippen molar-refractivity contribution in [2.75, 3.05) is 7.11 Å². The summed E-state index contributed by atoms with van der Waals surface area (Å²) in [6.45, 7) is 0. The van der Waals surface area contributed by atoms with Gasteiger partial charge in [-0.1, -0.05) is 0 Å². The van der Waals surface area contributed by atoms with Gasteiger partial charge in [0.2, 0.25) is 0 Å². The van der Waals surface area contributed by atoms with Crippen molar-refractivity contribution in [3.8, 4) is 22.6 Å². The van der Waals surface area contributed by atoms with E-state index in [1.807, 2.05) is 0 Å². The molecule has 2 aromatic carbocycles. The molecular weight excluding hydrogens is 483 g/mol. The second-order valence-corrected chi connectivity index (χ2v) is 7.86. The second-order valence-electron chi connectivity index (χ2n) is 7.86. The molecule has 4 rings (SSSR count). The van der Waals surface area contributed by atoms with Crippen LogP contribution in [0.25, 0.3) is 11.1 Å². The zero-order chi connectivity index (χ0) is 25.5. The van der Waals surface area contributed by atoms with Crippen LogP contribution in [0.5, 0.6) is 11.5 Å². The van der Waals surface area contributed by atoms with Crippen LogP contribution >= 0.6 is 0 Å². The molecule has 1 aliphatic carbocycles. The Morgan fingerprint density at radius 1 is 1.00 bits per heavy atom. The number of carbonyl (C=O) groups excluding carboxylic acids is 1. The molecular formula is C24H16F7NO3. The van der Waals surface area contributed by atoms with Gasteiger partial charge in [-0.05, 0) is 48.4 Å². The Bertz CT molecular complexity index is 1290. The lowest BCUT2D eigenvalue weighted by Crippen LogP contribution is -2.17. The lowest BCUT2D eigenvalue weighted by molar-refractivity contribution is -0.274. The Balaban J connectivity index is 1.66. The van der Waals surface area contributed by atoms with Gasteiger partial charge in [-0.25, -0.2) is 4.39 Å². The predicted octanol–water partition coefficient (Wildman–Crippen LogP) is 6.41. The molecule has 3 aromatic rings. The van der Waals surface area contributed by atoms with Crippen molar-refractivity contribution in [2.24, 2.45) is 5.92 Å². The molecule has 0 saturated carbocycles. The quantitative estimate of drug-likeness (QED) is 0.381. The molecule has 184 valence electrons. The van der Waals surface area contributed by atoms with Crippen molar-refractivity contribution in [3.63, 3.8) is 0 Å². The van der Waals surface area contributed by atoms with E-state index in [1.54, 1.807) is 0 Å². The largest absolute Gasteiger partial charge is 0.573 e. The molecule has 4 nitrogen and oxygen atoms in total. The minimum Gasteiger partial charge on any atom is -0.496 e. The van der Waals surface area contributed by atoms with Gasteiger partial charge in [-0.15, -0.1) is 13.2 Å². The SMILES string of the molecule is COc1cc2c(cc1-c1ccc(OC(F)(F)F)cc1F)CC(Cc1ncccc1C(F)(F)F)C2=O. The van der Waals surface area contributed by atoms with E-state index in [1.165, 1.54) is 25.4 Å². The number of rotatable bonds is 5. The van der Waals surface area contributed by atoms with E-state index in [0.717, 1.165) is 24.3 Å². The Labute approximate surface area is 194 Å². The first kappa shape index (κ1) is 24.5. The number of pyridine rings is 1. The fraction of sp³-hybridized carbons (Fsp3) is 0.250. The fourth-order valence-corrected chi connectivity index (χ4v) is 4.15.